The summed E-state index contributed by atoms with van der Waals surface area (Å²) in [4.78, 5) is 0. The molecule has 26 heteroatoms. The van der Waals surface area contributed by atoms with Crippen molar-refractivity contribution in [1.29, 1.82) is 0 Å². The van der Waals surface area contributed by atoms with E-state index in [1.807, 2.05) is 0 Å². The fraction of sp³-hybridized carbons (Fsp3) is 0.136. The zero-order valence-electron chi connectivity index (χ0n) is 21.5. The molecule has 284 valence electrons. The van der Waals surface area contributed by atoms with Crippen LogP contribution < -0.4 is 12.4 Å². The summed E-state index contributed by atoms with van der Waals surface area (Å²) in [6.45, 7) is 0. The first kappa shape index (κ1) is 61.1. The summed E-state index contributed by atoms with van der Waals surface area (Å²) in [7, 11) is 0. The standard InChI is InChI=1S/C13H8Cl2F2.C6H5F.CCl4.CCl3.CH4.ClH.11FH.2Sb/c14-13(15,9-1-5-11(16)6-2-9)10-3-7-12(17)8-4-10;7-6-4-2-1-3-5-6;2-1(3,4)5;2-1(3)4;;;;;;;;;;;;;;;/h1-8H;1-5H;;;1H4;12*1H;;/q;;;+1;;;;;;;;;;;;;;2*+5/p-11. The minimum atomic E-state index is -9.19. The van der Waals surface area contributed by atoms with Crippen molar-refractivity contribution in [1.82, 2.24) is 0 Å². The van der Waals surface area contributed by atoms with Gasteiger partial charge in [-0.05, 0) is 47.5 Å². The maximum atomic E-state index is 12.8. The molecule has 0 aromatic heterocycles. The van der Waals surface area contributed by atoms with Crippen LogP contribution in [0.25, 0.3) is 0 Å². The van der Waals surface area contributed by atoms with Gasteiger partial charge in [0.25, 0.3) is 3.25 Å². The molecule has 0 amide bonds. The Labute approximate surface area is 326 Å². The predicted molar refractivity (Wildman–Crippen MR) is 170 cm³/mol. The van der Waals surface area contributed by atoms with Gasteiger partial charge in [-0.2, -0.15) is 0 Å². The number of hydrogen-bond donors (Lipinski definition) is 0. The van der Waals surface area contributed by atoms with Gasteiger partial charge in [-0.15, -0.1) is 0 Å². The molecule has 0 aliphatic rings. The molecule has 0 saturated heterocycles. The van der Waals surface area contributed by atoms with E-state index in [-0.39, 0.29) is 46.3 Å². The average Bonchev–Trinajstić information content (AvgIpc) is 2.76. The van der Waals surface area contributed by atoms with Crippen LogP contribution in [0.1, 0.15) is 18.6 Å². The van der Waals surface area contributed by atoms with E-state index in [0.29, 0.717) is 11.1 Å². The van der Waals surface area contributed by atoms with Gasteiger partial charge in [-0.1, -0.05) is 119 Å². The summed E-state index contributed by atoms with van der Waals surface area (Å²) in [5.74, 6) is -0.906. The van der Waals surface area contributed by atoms with Crippen LogP contribution >= 0.6 is 104 Å². The summed E-state index contributed by atoms with van der Waals surface area (Å²) >= 11 is 27.5. The average molecular weight is 1150 g/mol. The first-order valence-electron chi connectivity index (χ1n) is 10.0. The van der Waals surface area contributed by atoms with Gasteiger partial charge in [-0.25, -0.2) is 13.2 Å². The summed E-state index contributed by atoms with van der Waals surface area (Å²) in [5.41, 5.74) is 1.07. The van der Waals surface area contributed by atoms with Gasteiger partial charge in [0.15, 0.2) is 39.1 Å². The summed E-state index contributed by atoms with van der Waals surface area (Å²) in [6, 6.07) is 19.0. The third kappa shape index (κ3) is 59.2. The van der Waals surface area contributed by atoms with Gasteiger partial charge in [0, 0.05) is 0 Å². The molecular weight excluding hydrogens is 1130 g/mol. The first-order valence-corrected chi connectivity index (χ1v) is 23.1. The molecule has 0 saturated carbocycles. The monoisotopic (exact) mass is 1140 g/mol. The van der Waals surface area contributed by atoms with Crippen molar-refractivity contribution in [2.75, 3.05) is 0 Å². The van der Waals surface area contributed by atoms with Crippen LogP contribution in [0.5, 0.6) is 0 Å². The molecule has 0 aliphatic heterocycles. The molecule has 0 heterocycles. The Balaban J connectivity index is -0.000000121. The molecule has 0 nitrogen and oxygen atoms in total. The van der Waals surface area contributed by atoms with Crippen LogP contribution in [0, 0.1) is 21.7 Å². The van der Waals surface area contributed by atoms with Crippen molar-refractivity contribution in [3.63, 3.8) is 0 Å². The Bertz CT molecular complexity index is 1110. The zero-order chi connectivity index (χ0) is 36.6. The SMILES string of the molecule is C.ClC(Cl)(Cl)Cl.Cl[C+](Cl)Cl.F.Fc1ccc(C(Cl)(Cl)c2ccc(F)cc2)cc1.Fc1ccccc1.[Cl-].[F][Sb]([F])([F])([F])[F].[F][Sb]([F])([F])([F])[F]. The Hall–Kier alpha value is 1.09. The Morgan fingerprint density at radius 3 is 0.771 bits per heavy atom. The molecular formula is C22H18Cl10F14Sb2. The van der Waals surface area contributed by atoms with Gasteiger partial charge < -0.3 is 12.4 Å². The number of rotatable bonds is 2. The zero-order valence-corrected chi connectivity index (χ0v) is 34.2. The second kappa shape index (κ2) is 26.0. The summed E-state index contributed by atoms with van der Waals surface area (Å²) in [6.07, 6.45) is 0. The van der Waals surface area contributed by atoms with Gasteiger partial charge >= 0.3 is 73.0 Å². The van der Waals surface area contributed by atoms with Crippen LogP contribution in [-0.4, -0.2) is 43.9 Å². The first-order chi connectivity index (χ1) is 19.6. The predicted octanol–water partition coefficient (Wildman–Crippen LogP) is 12.4. The van der Waals surface area contributed by atoms with Crippen molar-refractivity contribution in [2.24, 2.45) is 0 Å². The number of halogens is 24. The molecule has 3 aromatic rings. The molecule has 0 fully saturated rings. The normalized spacial score (nSPS) is 12.0. The minimum absolute atomic E-state index is 0. The molecule has 0 bridgehead atoms. The van der Waals surface area contributed by atoms with E-state index in [1.54, 1.807) is 18.2 Å². The molecule has 0 unspecified atom stereocenters. The van der Waals surface area contributed by atoms with Crippen LogP contribution in [0.4, 0.5) is 46.0 Å². The molecule has 0 spiro atoms. The van der Waals surface area contributed by atoms with E-state index in [4.69, 9.17) is 104 Å². The van der Waals surface area contributed by atoms with Crippen LogP contribution in [0.15, 0.2) is 78.9 Å². The second-order valence-electron chi connectivity index (χ2n) is 6.80. The van der Waals surface area contributed by atoms with Gasteiger partial charge in [0.1, 0.15) is 17.5 Å². The molecule has 48 heavy (non-hydrogen) atoms. The molecule has 0 N–H and O–H groups in total. The van der Waals surface area contributed by atoms with Gasteiger partial charge in [-0.3, -0.25) is 4.70 Å². The van der Waals surface area contributed by atoms with Crippen molar-refractivity contribution in [2.45, 2.75) is 15.0 Å². The van der Waals surface area contributed by atoms with E-state index in [1.165, 1.54) is 60.7 Å². The van der Waals surface area contributed by atoms with E-state index >= 15 is 0 Å². The van der Waals surface area contributed by atoms with Crippen LogP contribution in [-0.2, 0) is 4.33 Å². The van der Waals surface area contributed by atoms with E-state index in [0.717, 1.165) is 0 Å². The molecule has 0 atom stereocenters. The summed E-state index contributed by atoms with van der Waals surface area (Å²) < 4.78 is 133. The fourth-order valence-corrected chi connectivity index (χ4v) is 2.40. The van der Waals surface area contributed by atoms with Crippen molar-refractivity contribution in [3.8, 4) is 0 Å². The Morgan fingerprint density at radius 2 is 0.625 bits per heavy atom. The molecule has 0 aliphatic carbocycles. The van der Waals surface area contributed by atoms with Gasteiger partial charge in [0.2, 0.25) is 0 Å². The van der Waals surface area contributed by atoms with Crippen LogP contribution in [0.3, 0.4) is 0 Å². The Morgan fingerprint density at radius 1 is 0.458 bits per heavy atom. The third-order valence-corrected chi connectivity index (χ3v) is 4.02. The van der Waals surface area contributed by atoms with Crippen molar-refractivity contribution in [3.05, 3.63) is 112 Å². The number of hydrogen-bond acceptors (Lipinski definition) is 0. The topological polar surface area (TPSA) is 0 Å². The van der Waals surface area contributed by atoms with E-state index in [9.17, 15) is 41.3 Å². The third-order valence-electron chi connectivity index (χ3n) is 3.15. The van der Waals surface area contributed by atoms with Crippen molar-refractivity contribution < 1.29 is 58.4 Å². The molecule has 3 rings (SSSR count). The second-order valence-corrected chi connectivity index (χ2v) is 20.6. The van der Waals surface area contributed by atoms with Crippen LogP contribution in [0.2, 0.25) is 0 Å². The van der Waals surface area contributed by atoms with Gasteiger partial charge in [0.05, 0.1) is 0 Å². The quantitative estimate of drug-likeness (QED) is 0.104. The van der Waals surface area contributed by atoms with Crippen molar-refractivity contribution >= 4 is 145 Å². The number of benzene rings is 3. The van der Waals surface area contributed by atoms with E-state index in [2.05, 4.69) is 0 Å². The summed E-state index contributed by atoms with van der Waals surface area (Å²) in [5, 5.41) is 0. The maximum absolute atomic E-state index is 12.8. The Kier molecular flexibility index (Phi) is 33.1. The van der Waals surface area contributed by atoms with E-state index < -0.39 is 48.2 Å². The molecule has 3 aromatic carbocycles. The fourth-order valence-electron chi connectivity index (χ4n) is 1.90. The number of alkyl halides is 6. The molecule has 0 radical (unpaired) electrons.